The number of rotatable bonds is 5. The van der Waals surface area contributed by atoms with E-state index in [1.165, 1.54) is 10.8 Å². The molecule has 1 aliphatic rings. The zero-order valence-corrected chi connectivity index (χ0v) is 18.9. The normalized spacial score (nSPS) is 23.8. The van der Waals surface area contributed by atoms with E-state index in [2.05, 4.69) is 43.8 Å². The van der Waals surface area contributed by atoms with E-state index >= 15 is 0 Å². The molecule has 0 aromatic carbocycles. The van der Waals surface area contributed by atoms with Gasteiger partial charge >= 0.3 is 161 Å². The first-order chi connectivity index (χ1) is 12.0. The van der Waals surface area contributed by atoms with E-state index in [1.54, 1.807) is 6.92 Å². The predicted molar refractivity (Wildman–Crippen MR) is 103 cm³/mol. The SMILES string of the molecule is Cc1cn([C@H]2C[C@@H]([Se]C#N)[C@@H](CO[Si](C)(C)C(C)(C)C)O2)c(=O)[nH]c1=O. The van der Waals surface area contributed by atoms with Gasteiger partial charge in [0, 0.05) is 0 Å². The van der Waals surface area contributed by atoms with E-state index in [9.17, 15) is 9.59 Å². The Hall–Kier alpha value is -1.17. The molecule has 0 amide bonds. The van der Waals surface area contributed by atoms with Crippen molar-refractivity contribution >= 4 is 23.3 Å². The number of nitrogens with zero attached hydrogens (tertiary/aromatic N) is 2. The van der Waals surface area contributed by atoms with E-state index in [1.807, 2.05) is 0 Å². The molecule has 0 spiro atoms. The Morgan fingerprint density at radius 2 is 2.12 bits per heavy atom. The second-order valence-electron chi connectivity index (χ2n) is 8.16. The second-order valence-corrected chi connectivity index (χ2v) is 15.1. The van der Waals surface area contributed by atoms with Crippen LogP contribution in [0, 0.1) is 17.2 Å². The van der Waals surface area contributed by atoms with Gasteiger partial charge in [-0.05, 0) is 0 Å². The van der Waals surface area contributed by atoms with Gasteiger partial charge in [0.2, 0.25) is 0 Å². The summed E-state index contributed by atoms with van der Waals surface area (Å²) >= 11 is -0.253. The fraction of sp³-hybridized carbons (Fsp3) is 0.706. The number of aromatic nitrogens is 2. The van der Waals surface area contributed by atoms with Crippen molar-refractivity contribution in [2.45, 2.75) is 69.4 Å². The van der Waals surface area contributed by atoms with Crippen molar-refractivity contribution in [2.24, 2.45) is 0 Å². The molecule has 9 heteroatoms. The maximum absolute atomic E-state index is 12.1. The Morgan fingerprint density at radius 3 is 2.69 bits per heavy atom. The van der Waals surface area contributed by atoms with E-state index in [0.29, 0.717) is 18.6 Å². The molecule has 0 bridgehead atoms. The average molecular weight is 444 g/mol. The van der Waals surface area contributed by atoms with Crippen LogP contribution in [0.15, 0.2) is 15.8 Å². The van der Waals surface area contributed by atoms with Crippen LogP contribution >= 0.6 is 0 Å². The molecule has 144 valence electrons. The Balaban J connectivity index is 2.19. The number of nitrogens with one attached hydrogen (secondary N) is 1. The van der Waals surface area contributed by atoms with Crippen LogP contribution in [-0.2, 0) is 9.16 Å². The molecule has 1 N–H and O–H groups in total. The fourth-order valence-electron chi connectivity index (χ4n) is 2.52. The Bertz CT molecular complexity index is 806. The summed E-state index contributed by atoms with van der Waals surface area (Å²) in [6.07, 6.45) is 1.41. The number of hydrogen-bond donors (Lipinski definition) is 1. The van der Waals surface area contributed by atoms with Gasteiger partial charge in [-0.3, -0.25) is 0 Å². The number of aromatic amines is 1. The Labute approximate surface area is 161 Å². The van der Waals surface area contributed by atoms with E-state index in [0.717, 1.165) is 0 Å². The maximum atomic E-state index is 12.1. The van der Waals surface area contributed by atoms with Gasteiger partial charge in [-0.15, -0.1) is 0 Å². The Morgan fingerprint density at radius 1 is 1.46 bits per heavy atom. The van der Waals surface area contributed by atoms with E-state index < -0.39 is 20.2 Å². The third-order valence-corrected chi connectivity index (χ3v) is 11.7. The van der Waals surface area contributed by atoms with E-state index in [-0.39, 0.29) is 36.5 Å². The first-order valence-electron chi connectivity index (χ1n) is 8.62. The quantitative estimate of drug-likeness (QED) is 0.702. The van der Waals surface area contributed by atoms with Gasteiger partial charge in [-0.25, -0.2) is 0 Å². The molecule has 1 aromatic heterocycles. The molecule has 1 saturated heterocycles. The molecule has 3 atom stereocenters. The predicted octanol–water partition coefficient (Wildman–Crippen LogP) is 2.13. The summed E-state index contributed by atoms with van der Waals surface area (Å²) in [6.45, 7) is 13.0. The van der Waals surface area contributed by atoms with Gasteiger partial charge in [-0.2, -0.15) is 0 Å². The van der Waals surface area contributed by atoms with Crippen LogP contribution in [0.4, 0.5) is 0 Å². The molecule has 1 aliphatic heterocycles. The van der Waals surface area contributed by atoms with Crippen LogP contribution in [-0.4, -0.2) is 45.5 Å². The van der Waals surface area contributed by atoms with Crippen LogP contribution < -0.4 is 11.2 Å². The van der Waals surface area contributed by atoms with Crippen LogP contribution in [0.3, 0.4) is 0 Å². The standard InChI is InChI=1S/C17H27N3O4SeSi/c1-11-8-20(16(22)19-15(11)21)14-7-13(25-10-18)12(24-14)9-23-26(5,6)17(2,3)4/h8,12-14H,7,9H2,1-6H3,(H,19,21,22)/t12-,13-,14-/m1/s1. The van der Waals surface area contributed by atoms with Crippen molar-refractivity contribution in [3.05, 3.63) is 32.6 Å². The van der Waals surface area contributed by atoms with Gasteiger partial charge in [0.1, 0.15) is 0 Å². The minimum absolute atomic E-state index is 0.0569. The van der Waals surface area contributed by atoms with Gasteiger partial charge in [0.05, 0.1) is 0 Å². The molecule has 0 unspecified atom stereocenters. The van der Waals surface area contributed by atoms with E-state index in [4.69, 9.17) is 14.4 Å². The topological polar surface area (TPSA) is 97.1 Å². The summed E-state index contributed by atoms with van der Waals surface area (Å²) in [7, 11) is -1.93. The molecule has 2 rings (SSSR count). The third-order valence-electron chi connectivity index (χ3n) is 5.26. The number of H-pyrrole nitrogens is 1. The molecule has 1 fully saturated rings. The molecule has 26 heavy (non-hydrogen) atoms. The van der Waals surface area contributed by atoms with Crippen molar-refractivity contribution in [1.82, 2.24) is 9.55 Å². The molecular weight excluding hydrogens is 417 g/mol. The van der Waals surface area contributed by atoms with Crippen molar-refractivity contribution in [2.75, 3.05) is 6.61 Å². The van der Waals surface area contributed by atoms with Crippen LogP contribution in [0.5, 0.6) is 0 Å². The number of ether oxygens (including phenoxy) is 1. The number of hydrogen-bond acceptors (Lipinski definition) is 5. The summed E-state index contributed by atoms with van der Waals surface area (Å²) in [5, 5.41) is 9.26. The van der Waals surface area contributed by atoms with Gasteiger partial charge in [-0.1, -0.05) is 0 Å². The molecule has 1 aromatic rings. The minimum atomic E-state index is -1.93. The average Bonchev–Trinajstić information content (AvgIpc) is 2.91. The fourth-order valence-corrected chi connectivity index (χ4v) is 4.98. The first kappa shape index (κ1) is 21.1. The molecule has 0 aliphatic carbocycles. The van der Waals surface area contributed by atoms with Crippen molar-refractivity contribution in [1.29, 1.82) is 5.26 Å². The van der Waals surface area contributed by atoms with Crippen molar-refractivity contribution < 1.29 is 9.16 Å². The van der Waals surface area contributed by atoms with Crippen molar-refractivity contribution in [3.63, 3.8) is 0 Å². The third kappa shape index (κ3) is 4.56. The summed E-state index contributed by atoms with van der Waals surface area (Å²) in [5.41, 5.74) is -0.420. The van der Waals surface area contributed by atoms with Crippen LogP contribution in [0.2, 0.25) is 22.9 Å². The molecule has 0 saturated carbocycles. The first-order valence-corrected chi connectivity index (χ1v) is 13.4. The van der Waals surface area contributed by atoms with Gasteiger partial charge in [0.15, 0.2) is 0 Å². The zero-order valence-electron chi connectivity index (χ0n) is 16.2. The summed E-state index contributed by atoms with van der Waals surface area (Å²) in [6, 6.07) is 0. The number of nitriles is 1. The zero-order chi connectivity index (χ0) is 19.7. The number of aryl methyl sites for hydroxylation is 1. The van der Waals surface area contributed by atoms with Crippen molar-refractivity contribution in [3.8, 4) is 4.97 Å². The second kappa shape index (κ2) is 7.83. The van der Waals surface area contributed by atoms with Gasteiger partial charge in [0.25, 0.3) is 0 Å². The molecular formula is C17H27N3O4SeSi. The van der Waals surface area contributed by atoms with Crippen LogP contribution in [0.1, 0.15) is 39.0 Å². The molecule has 2 heterocycles. The summed E-state index contributed by atoms with van der Waals surface area (Å²) < 4.78 is 13.8. The molecule has 7 nitrogen and oxygen atoms in total. The van der Waals surface area contributed by atoms with Gasteiger partial charge < -0.3 is 0 Å². The molecule has 0 radical (unpaired) electrons. The monoisotopic (exact) mass is 445 g/mol. The summed E-state index contributed by atoms with van der Waals surface area (Å²) in [4.78, 5) is 28.4. The Kier molecular flexibility index (Phi) is 6.36. The summed E-state index contributed by atoms with van der Waals surface area (Å²) in [5.74, 6) is 0. The van der Waals surface area contributed by atoms with Crippen LogP contribution in [0.25, 0.3) is 0 Å².